The van der Waals surface area contributed by atoms with E-state index in [2.05, 4.69) is 10.6 Å². The Labute approximate surface area is 123 Å². The van der Waals surface area contributed by atoms with Crippen LogP contribution in [0.25, 0.3) is 0 Å². The molecule has 0 aliphatic carbocycles. The Hall–Kier alpha value is -1.94. The average molecular weight is 293 g/mol. The first-order chi connectivity index (χ1) is 9.51. The summed E-state index contributed by atoms with van der Waals surface area (Å²) < 4.78 is 5.57. The van der Waals surface area contributed by atoms with E-state index >= 15 is 0 Å². The molecule has 0 radical (unpaired) electrons. The van der Waals surface area contributed by atoms with Crippen LogP contribution in [0.15, 0.2) is 34.7 Å². The predicted octanol–water partition coefficient (Wildman–Crippen LogP) is 3.77. The molecule has 2 aromatic rings. The molecule has 0 aliphatic heterocycles. The molecule has 20 heavy (non-hydrogen) atoms. The number of aryl methyl sites for hydroxylation is 1. The Balaban J connectivity index is 2.19. The maximum atomic E-state index is 11.7. The van der Waals surface area contributed by atoms with Crippen molar-refractivity contribution < 1.29 is 9.21 Å². The van der Waals surface area contributed by atoms with Crippen molar-refractivity contribution in [1.82, 2.24) is 5.32 Å². The van der Waals surface area contributed by atoms with Gasteiger partial charge in [-0.1, -0.05) is 11.6 Å². The molecular formula is C15H17ClN2O2. The van der Waals surface area contributed by atoms with E-state index in [1.54, 1.807) is 19.2 Å². The smallest absolute Gasteiger partial charge is 0.252 e. The van der Waals surface area contributed by atoms with Crippen LogP contribution >= 0.6 is 11.6 Å². The molecule has 106 valence electrons. The zero-order chi connectivity index (χ0) is 14.7. The van der Waals surface area contributed by atoms with Crippen LogP contribution < -0.4 is 10.6 Å². The highest BCUT2D eigenvalue weighted by Gasteiger charge is 2.13. The first-order valence-corrected chi connectivity index (χ1v) is 6.73. The van der Waals surface area contributed by atoms with Crippen LogP contribution in [0, 0.1) is 6.92 Å². The van der Waals surface area contributed by atoms with Crippen LogP contribution in [0.2, 0.25) is 5.02 Å². The van der Waals surface area contributed by atoms with Crippen molar-refractivity contribution in [1.29, 1.82) is 0 Å². The Morgan fingerprint density at radius 1 is 1.30 bits per heavy atom. The molecule has 0 bridgehead atoms. The highest BCUT2D eigenvalue weighted by molar-refractivity contribution is 6.34. The third kappa shape index (κ3) is 3.14. The predicted molar refractivity (Wildman–Crippen MR) is 80.3 cm³/mol. The molecular weight excluding hydrogens is 276 g/mol. The molecule has 2 N–H and O–H groups in total. The molecule has 1 atom stereocenters. The van der Waals surface area contributed by atoms with Gasteiger partial charge >= 0.3 is 0 Å². The van der Waals surface area contributed by atoms with E-state index in [0.29, 0.717) is 10.6 Å². The third-order valence-electron chi connectivity index (χ3n) is 3.01. The number of hydrogen-bond acceptors (Lipinski definition) is 3. The average Bonchev–Trinajstić information content (AvgIpc) is 2.87. The van der Waals surface area contributed by atoms with Gasteiger partial charge in [-0.05, 0) is 44.2 Å². The van der Waals surface area contributed by atoms with Crippen LogP contribution in [-0.2, 0) is 0 Å². The maximum absolute atomic E-state index is 11.7. The minimum atomic E-state index is -0.208. The normalized spacial score (nSPS) is 12.0. The van der Waals surface area contributed by atoms with Gasteiger partial charge in [-0.15, -0.1) is 0 Å². The maximum Gasteiger partial charge on any atom is 0.252 e. The molecule has 0 saturated carbocycles. The van der Waals surface area contributed by atoms with Crippen molar-refractivity contribution in [2.45, 2.75) is 19.9 Å². The summed E-state index contributed by atoms with van der Waals surface area (Å²) in [5, 5.41) is 6.28. The summed E-state index contributed by atoms with van der Waals surface area (Å²) >= 11 is 6.02. The van der Waals surface area contributed by atoms with E-state index in [1.165, 1.54) is 0 Å². The summed E-state index contributed by atoms with van der Waals surface area (Å²) in [6.07, 6.45) is 0. The van der Waals surface area contributed by atoms with Gasteiger partial charge in [-0.2, -0.15) is 0 Å². The lowest BCUT2D eigenvalue weighted by molar-refractivity contribution is 0.0963. The molecule has 1 heterocycles. The Kier molecular flexibility index (Phi) is 4.35. The van der Waals surface area contributed by atoms with Crippen LogP contribution in [0.1, 0.15) is 34.8 Å². The minimum absolute atomic E-state index is 0.00223. The largest absolute Gasteiger partial charge is 0.464 e. The summed E-state index contributed by atoms with van der Waals surface area (Å²) in [5.74, 6) is 1.51. The number of furan rings is 1. The van der Waals surface area contributed by atoms with Crippen molar-refractivity contribution in [3.05, 3.63) is 52.4 Å². The van der Waals surface area contributed by atoms with Gasteiger partial charge in [0.15, 0.2) is 0 Å². The fraction of sp³-hybridized carbons (Fsp3) is 0.267. The molecule has 1 aromatic carbocycles. The lowest BCUT2D eigenvalue weighted by Crippen LogP contribution is -2.18. The molecule has 0 saturated heterocycles. The Bertz CT molecular complexity index is 622. The number of benzene rings is 1. The van der Waals surface area contributed by atoms with Crippen LogP contribution in [-0.4, -0.2) is 13.0 Å². The van der Waals surface area contributed by atoms with E-state index in [4.69, 9.17) is 16.0 Å². The van der Waals surface area contributed by atoms with Gasteiger partial charge < -0.3 is 15.1 Å². The van der Waals surface area contributed by atoms with E-state index in [-0.39, 0.29) is 11.9 Å². The van der Waals surface area contributed by atoms with Crippen LogP contribution in [0.3, 0.4) is 0 Å². The number of halogens is 1. The quantitative estimate of drug-likeness (QED) is 0.902. The van der Waals surface area contributed by atoms with Crippen molar-refractivity contribution in [2.75, 3.05) is 12.4 Å². The highest BCUT2D eigenvalue weighted by atomic mass is 35.5. The molecule has 0 spiro atoms. The second-order valence-corrected chi connectivity index (χ2v) is 5.00. The molecule has 4 nitrogen and oxygen atoms in total. The first-order valence-electron chi connectivity index (χ1n) is 6.35. The lowest BCUT2D eigenvalue weighted by Gasteiger charge is -2.14. The molecule has 0 aliphatic rings. The molecule has 1 aromatic heterocycles. The second kappa shape index (κ2) is 6.01. The number of anilines is 1. The molecule has 2 rings (SSSR count). The van der Waals surface area contributed by atoms with E-state index in [1.807, 2.05) is 32.0 Å². The molecule has 1 amide bonds. The number of rotatable bonds is 4. The number of carbonyl (C=O) groups excluding carboxylic acids is 1. The number of carbonyl (C=O) groups is 1. The minimum Gasteiger partial charge on any atom is -0.464 e. The standard InChI is InChI=1S/C15H17ClN2O2/c1-9-4-7-14(20-9)10(2)18-11-5-6-13(16)12(8-11)15(19)17-3/h4-8,10,18H,1-3H3,(H,17,19). The van der Waals surface area contributed by atoms with Gasteiger partial charge in [-0.3, -0.25) is 4.79 Å². The molecule has 0 fully saturated rings. The summed E-state index contributed by atoms with van der Waals surface area (Å²) in [4.78, 5) is 11.7. The van der Waals surface area contributed by atoms with E-state index in [0.717, 1.165) is 17.2 Å². The van der Waals surface area contributed by atoms with Gasteiger partial charge in [0.25, 0.3) is 5.91 Å². The van der Waals surface area contributed by atoms with Crippen molar-refractivity contribution in [3.63, 3.8) is 0 Å². The van der Waals surface area contributed by atoms with Crippen molar-refractivity contribution in [3.8, 4) is 0 Å². The lowest BCUT2D eigenvalue weighted by atomic mass is 10.1. The van der Waals surface area contributed by atoms with E-state index in [9.17, 15) is 4.79 Å². The van der Waals surface area contributed by atoms with Crippen molar-refractivity contribution >= 4 is 23.2 Å². The van der Waals surface area contributed by atoms with Crippen molar-refractivity contribution in [2.24, 2.45) is 0 Å². The molecule has 5 heteroatoms. The summed E-state index contributed by atoms with van der Waals surface area (Å²) in [6.45, 7) is 3.90. The Morgan fingerprint density at radius 2 is 2.05 bits per heavy atom. The number of amides is 1. The first kappa shape index (κ1) is 14.5. The topological polar surface area (TPSA) is 54.3 Å². The van der Waals surface area contributed by atoms with Gasteiger partial charge in [-0.25, -0.2) is 0 Å². The fourth-order valence-electron chi connectivity index (χ4n) is 1.93. The SMILES string of the molecule is CNC(=O)c1cc(NC(C)c2ccc(C)o2)ccc1Cl. The van der Waals surface area contributed by atoms with E-state index < -0.39 is 0 Å². The number of nitrogens with one attached hydrogen (secondary N) is 2. The zero-order valence-electron chi connectivity index (χ0n) is 11.7. The summed E-state index contributed by atoms with van der Waals surface area (Å²) in [6, 6.07) is 9.12. The summed E-state index contributed by atoms with van der Waals surface area (Å²) in [7, 11) is 1.58. The summed E-state index contributed by atoms with van der Waals surface area (Å²) in [5.41, 5.74) is 1.26. The van der Waals surface area contributed by atoms with Crippen LogP contribution in [0.4, 0.5) is 5.69 Å². The number of hydrogen-bond donors (Lipinski definition) is 2. The van der Waals surface area contributed by atoms with Gasteiger partial charge in [0.05, 0.1) is 16.6 Å². The third-order valence-corrected chi connectivity index (χ3v) is 3.34. The van der Waals surface area contributed by atoms with Gasteiger partial charge in [0.1, 0.15) is 11.5 Å². The Morgan fingerprint density at radius 3 is 2.65 bits per heavy atom. The monoisotopic (exact) mass is 292 g/mol. The molecule has 1 unspecified atom stereocenters. The van der Waals surface area contributed by atoms with Gasteiger partial charge in [0.2, 0.25) is 0 Å². The second-order valence-electron chi connectivity index (χ2n) is 4.59. The van der Waals surface area contributed by atoms with Crippen LogP contribution in [0.5, 0.6) is 0 Å². The zero-order valence-corrected chi connectivity index (χ0v) is 12.4. The van der Waals surface area contributed by atoms with Gasteiger partial charge in [0, 0.05) is 12.7 Å². The fourth-order valence-corrected chi connectivity index (χ4v) is 2.13. The highest BCUT2D eigenvalue weighted by Crippen LogP contribution is 2.25.